The molecule has 12 nitrogen and oxygen atoms in total. The van der Waals surface area contributed by atoms with Gasteiger partial charge < -0.3 is 19.3 Å². The monoisotopic (exact) mass is 462 g/mol. The number of rotatable bonds is 5. The number of aryl methyl sites for hydroxylation is 1. The van der Waals surface area contributed by atoms with Crippen LogP contribution in [0.3, 0.4) is 0 Å². The van der Waals surface area contributed by atoms with Crippen LogP contribution in [0.2, 0.25) is 0 Å². The second-order valence-corrected chi connectivity index (χ2v) is 7.54. The van der Waals surface area contributed by atoms with Crippen LogP contribution in [0.1, 0.15) is 21.8 Å². The molecular formula is C22H18N6O6. The molecule has 2 aromatic heterocycles. The molecule has 172 valence electrons. The molecule has 1 amide bonds. The lowest BCUT2D eigenvalue weighted by Crippen LogP contribution is -2.40. The van der Waals surface area contributed by atoms with Crippen molar-refractivity contribution in [2.24, 2.45) is 7.05 Å². The van der Waals surface area contributed by atoms with Gasteiger partial charge in [-0.1, -0.05) is 28.9 Å². The van der Waals surface area contributed by atoms with E-state index in [0.717, 1.165) is 20.4 Å². The van der Waals surface area contributed by atoms with Gasteiger partial charge in [0, 0.05) is 13.6 Å². The van der Waals surface area contributed by atoms with E-state index in [2.05, 4.69) is 20.6 Å². The largest absolute Gasteiger partial charge is 0.454 e. The zero-order valence-corrected chi connectivity index (χ0v) is 18.1. The summed E-state index contributed by atoms with van der Waals surface area (Å²) in [5.74, 6) is 0.0255. The second kappa shape index (κ2) is 8.31. The summed E-state index contributed by atoms with van der Waals surface area (Å²) < 4.78 is 17.6. The number of ether oxygens (including phenoxy) is 2. The minimum Gasteiger partial charge on any atom is -0.454 e. The van der Waals surface area contributed by atoms with Crippen LogP contribution in [0.15, 0.2) is 56.6 Å². The van der Waals surface area contributed by atoms with Crippen LogP contribution in [-0.4, -0.2) is 37.2 Å². The van der Waals surface area contributed by atoms with E-state index in [9.17, 15) is 14.4 Å². The molecule has 0 saturated heterocycles. The number of amides is 1. The normalized spacial score (nSPS) is 12.1. The summed E-state index contributed by atoms with van der Waals surface area (Å²) in [6, 6.07) is 12.3. The van der Waals surface area contributed by atoms with Crippen molar-refractivity contribution in [2.45, 2.75) is 13.5 Å². The molecule has 1 aliphatic rings. The van der Waals surface area contributed by atoms with Gasteiger partial charge in [0.1, 0.15) is 0 Å². The van der Waals surface area contributed by atoms with Crippen LogP contribution in [0.5, 0.6) is 11.5 Å². The lowest BCUT2D eigenvalue weighted by Gasteiger charge is -2.08. The van der Waals surface area contributed by atoms with Crippen LogP contribution in [0.25, 0.3) is 17.2 Å². The van der Waals surface area contributed by atoms with E-state index in [1.165, 1.54) is 7.05 Å². The molecule has 0 saturated carbocycles. The van der Waals surface area contributed by atoms with Gasteiger partial charge in [0.15, 0.2) is 17.2 Å². The van der Waals surface area contributed by atoms with E-state index in [1.807, 2.05) is 19.1 Å². The first kappa shape index (κ1) is 21.1. The van der Waals surface area contributed by atoms with Crippen LogP contribution in [0.4, 0.5) is 0 Å². The standard InChI is InChI=1S/C22H18N6O6/c1-12-3-6-14(7-4-12)28-22(31)27(2)21(30)17(25-28)18-24-20(34-26-18)19(29)23-10-13-5-8-15-16(9-13)33-11-32-15/h3-9H,10-11H2,1-2H3,(H,23,29). The minimum absolute atomic E-state index is 0.153. The SMILES string of the molecule is Cc1ccc(-n2nc(-c3noc(C(=O)NCc4ccc5c(c4)OCO5)n3)c(=O)n(C)c2=O)cc1. The lowest BCUT2D eigenvalue weighted by molar-refractivity contribution is 0.0907. The lowest BCUT2D eigenvalue weighted by atomic mass is 10.2. The summed E-state index contributed by atoms with van der Waals surface area (Å²) in [6.07, 6.45) is 0. The van der Waals surface area contributed by atoms with Gasteiger partial charge in [-0.3, -0.25) is 14.2 Å². The van der Waals surface area contributed by atoms with E-state index in [4.69, 9.17) is 14.0 Å². The smallest absolute Gasteiger partial charge is 0.351 e. The van der Waals surface area contributed by atoms with Crippen LogP contribution >= 0.6 is 0 Å². The highest BCUT2D eigenvalue weighted by Crippen LogP contribution is 2.32. The van der Waals surface area contributed by atoms with Crippen molar-refractivity contribution in [3.05, 3.63) is 80.3 Å². The molecular weight excluding hydrogens is 444 g/mol. The number of fused-ring (bicyclic) bond motifs is 1. The quantitative estimate of drug-likeness (QED) is 0.458. The van der Waals surface area contributed by atoms with Crippen LogP contribution in [-0.2, 0) is 13.6 Å². The minimum atomic E-state index is -0.721. The van der Waals surface area contributed by atoms with E-state index in [0.29, 0.717) is 17.2 Å². The molecule has 0 bridgehead atoms. The van der Waals surface area contributed by atoms with Crippen molar-refractivity contribution in [1.82, 2.24) is 29.8 Å². The molecule has 5 rings (SSSR count). The first-order valence-electron chi connectivity index (χ1n) is 10.2. The van der Waals surface area contributed by atoms with Crippen molar-refractivity contribution in [1.29, 1.82) is 0 Å². The molecule has 0 atom stereocenters. The molecule has 0 spiro atoms. The topological polar surface area (TPSA) is 143 Å². The van der Waals surface area contributed by atoms with Crippen molar-refractivity contribution in [2.75, 3.05) is 6.79 Å². The number of benzene rings is 2. The summed E-state index contributed by atoms with van der Waals surface area (Å²) in [5.41, 5.74) is 0.637. The molecule has 12 heteroatoms. The van der Waals surface area contributed by atoms with Gasteiger partial charge >= 0.3 is 17.5 Å². The van der Waals surface area contributed by atoms with Gasteiger partial charge in [-0.2, -0.15) is 14.8 Å². The Morgan fingerprint density at radius 3 is 2.65 bits per heavy atom. The molecule has 0 radical (unpaired) electrons. The van der Waals surface area contributed by atoms with Gasteiger partial charge in [0.2, 0.25) is 12.6 Å². The molecule has 0 unspecified atom stereocenters. The molecule has 2 aromatic carbocycles. The third kappa shape index (κ3) is 3.81. The third-order valence-corrected chi connectivity index (χ3v) is 5.18. The summed E-state index contributed by atoms with van der Waals surface area (Å²) in [7, 11) is 1.32. The molecule has 3 heterocycles. The Bertz CT molecular complexity index is 1520. The second-order valence-electron chi connectivity index (χ2n) is 7.54. The summed E-state index contributed by atoms with van der Waals surface area (Å²) in [6.45, 7) is 2.23. The van der Waals surface area contributed by atoms with Crippen LogP contribution < -0.4 is 26.0 Å². The number of nitrogens with one attached hydrogen (secondary N) is 1. The maximum absolute atomic E-state index is 12.7. The third-order valence-electron chi connectivity index (χ3n) is 5.18. The molecule has 0 aliphatic carbocycles. The fraction of sp³-hybridized carbons (Fsp3) is 0.182. The van der Waals surface area contributed by atoms with Gasteiger partial charge in [-0.15, -0.1) is 0 Å². The summed E-state index contributed by atoms with van der Waals surface area (Å²) in [4.78, 5) is 41.7. The highest BCUT2D eigenvalue weighted by Gasteiger charge is 2.22. The first-order chi connectivity index (χ1) is 16.4. The van der Waals surface area contributed by atoms with E-state index in [-0.39, 0.29) is 30.7 Å². The van der Waals surface area contributed by atoms with E-state index in [1.54, 1.807) is 30.3 Å². The number of carbonyl (C=O) groups is 1. The number of hydrogen-bond donors (Lipinski definition) is 1. The maximum Gasteiger partial charge on any atom is 0.351 e. The Morgan fingerprint density at radius 2 is 1.85 bits per heavy atom. The number of nitrogens with zero attached hydrogens (tertiary/aromatic N) is 5. The van der Waals surface area contributed by atoms with Gasteiger partial charge in [-0.05, 0) is 36.8 Å². The van der Waals surface area contributed by atoms with Crippen molar-refractivity contribution in [3.8, 4) is 28.7 Å². The molecule has 34 heavy (non-hydrogen) atoms. The van der Waals surface area contributed by atoms with Crippen molar-refractivity contribution >= 4 is 5.91 Å². The highest BCUT2D eigenvalue weighted by molar-refractivity contribution is 5.89. The molecule has 4 aromatic rings. The van der Waals surface area contributed by atoms with Crippen LogP contribution in [0, 0.1) is 6.92 Å². The Morgan fingerprint density at radius 1 is 1.09 bits per heavy atom. The van der Waals surface area contributed by atoms with E-state index < -0.39 is 17.2 Å². The Hall–Kier alpha value is -4.74. The van der Waals surface area contributed by atoms with Crippen molar-refractivity contribution < 1.29 is 18.8 Å². The Labute approximate surface area is 191 Å². The fourth-order valence-corrected chi connectivity index (χ4v) is 3.29. The molecule has 1 aliphatic heterocycles. The predicted octanol–water partition coefficient (Wildman–Crippen LogP) is 0.948. The summed E-state index contributed by atoms with van der Waals surface area (Å²) >= 11 is 0. The average molecular weight is 462 g/mol. The number of carbonyl (C=O) groups excluding carboxylic acids is 1. The Kier molecular flexibility index (Phi) is 5.17. The fourth-order valence-electron chi connectivity index (χ4n) is 3.29. The Balaban J connectivity index is 1.39. The zero-order valence-electron chi connectivity index (χ0n) is 18.1. The summed E-state index contributed by atoms with van der Waals surface area (Å²) in [5, 5.41) is 10.5. The van der Waals surface area contributed by atoms with Crippen molar-refractivity contribution in [3.63, 3.8) is 0 Å². The highest BCUT2D eigenvalue weighted by atomic mass is 16.7. The molecule has 0 fully saturated rings. The van der Waals surface area contributed by atoms with E-state index >= 15 is 0 Å². The zero-order chi connectivity index (χ0) is 23.8. The van der Waals surface area contributed by atoms with Gasteiger partial charge in [-0.25, -0.2) is 4.79 Å². The number of hydrogen-bond acceptors (Lipinski definition) is 9. The maximum atomic E-state index is 12.7. The first-order valence-corrected chi connectivity index (χ1v) is 10.2. The predicted molar refractivity (Wildman–Crippen MR) is 117 cm³/mol. The van der Waals surface area contributed by atoms with Gasteiger partial charge in [0.05, 0.1) is 5.69 Å². The number of aromatic nitrogens is 5. The average Bonchev–Trinajstić information content (AvgIpc) is 3.51. The van der Waals surface area contributed by atoms with Gasteiger partial charge in [0.25, 0.3) is 5.56 Å². The molecule has 1 N–H and O–H groups in total.